The van der Waals surface area contributed by atoms with Gasteiger partial charge in [0.15, 0.2) is 11.3 Å². The molecular formula is C19H27N3O3. The van der Waals surface area contributed by atoms with Crippen molar-refractivity contribution in [1.29, 1.82) is 0 Å². The van der Waals surface area contributed by atoms with Gasteiger partial charge in [0.05, 0.1) is 13.2 Å². The minimum atomic E-state index is -0.213. The molecule has 0 bridgehead atoms. The smallest absolute Gasteiger partial charge is 0.315 e. The van der Waals surface area contributed by atoms with E-state index in [0.717, 1.165) is 37.9 Å². The number of carbonyl (C=O) groups is 1. The molecule has 0 saturated carbocycles. The van der Waals surface area contributed by atoms with Crippen molar-refractivity contribution in [2.45, 2.75) is 25.8 Å². The first-order chi connectivity index (χ1) is 12.1. The van der Waals surface area contributed by atoms with Crippen LogP contribution < -0.4 is 15.4 Å². The minimum absolute atomic E-state index is 0.154. The van der Waals surface area contributed by atoms with Crippen molar-refractivity contribution in [2.75, 3.05) is 33.8 Å². The minimum Gasteiger partial charge on any atom is -0.493 e. The lowest BCUT2D eigenvalue weighted by Gasteiger charge is -2.29. The molecule has 1 aromatic heterocycles. The van der Waals surface area contributed by atoms with E-state index in [2.05, 4.69) is 22.6 Å². The number of nitrogens with zero attached hydrogens (tertiary/aromatic N) is 1. The van der Waals surface area contributed by atoms with Crippen LogP contribution in [0.2, 0.25) is 0 Å². The summed E-state index contributed by atoms with van der Waals surface area (Å²) in [4.78, 5) is 14.5. The number of piperidine rings is 1. The Bertz CT molecular complexity index is 720. The Labute approximate surface area is 148 Å². The Morgan fingerprint density at radius 3 is 2.88 bits per heavy atom. The normalized spacial score (nSPS) is 17.4. The van der Waals surface area contributed by atoms with Gasteiger partial charge in [0.1, 0.15) is 5.76 Å². The lowest BCUT2D eigenvalue weighted by atomic mass is 9.97. The van der Waals surface area contributed by atoms with Crippen molar-refractivity contribution in [1.82, 2.24) is 15.5 Å². The number of carbonyl (C=O) groups excluding carboxylic acids is 1. The number of hydrogen-bond acceptors (Lipinski definition) is 4. The van der Waals surface area contributed by atoms with E-state index in [0.29, 0.717) is 23.0 Å². The summed E-state index contributed by atoms with van der Waals surface area (Å²) >= 11 is 0. The highest BCUT2D eigenvalue weighted by Crippen LogP contribution is 2.30. The van der Waals surface area contributed by atoms with Crippen molar-refractivity contribution in [3.63, 3.8) is 0 Å². The summed E-state index contributed by atoms with van der Waals surface area (Å²) in [7, 11) is 3.76. The van der Waals surface area contributed by atoms with E-state index >= 15 is 0 Å². The zero-order chi connectivity index (χ0) is 17.8. The zero-order valence-corrected chi connectivity index (χ0v) is 15.2. The SMILES string of the molecule is COc1cccc2cc([C@@H](C)NC(=O)NCC3CCN(C)CC3)oc12. The van der Waals surface area contributed by atoms with Crippen molar-refractivity contribution in [3.8, 4) is 5.75 Å². The van der Waals surface area contributed by atoms with E-state index in [-0.39, 0.29) is 12.1 Å². The summed E-state index contributed by atoms with van der Waals surface area (Å²) in [6.07, 6.45) is 2.27. The van der Waals surface area contributed by atoms with Gasteiger partial charge in [-0.25, -0.2) is 4.79 Å². The molecule has 2 amide bonds. The van der Waals surface area contributed by atoms with Crippen LogP contribution in [-0.4, -0.2) is 44.7 Å². The quantitative estimate of drug-likeness (QED) is 0.874. The molecule has 1 aliphatic heterocycles. The Morgan fingerprint density at radius 2 is 2.16 bits per heavy atom. The molecule has 0 spiro atoms. The fourth-order valence-electron chi connectivity index (χ4n) is 3.25. The third kappa shape index (κ3) is 4.25. The number of benzene rings is 1. The predicted molar refractivity (Wildman–Crippen MR) is 97.9 cm³/mol. The van der Waals surface area contributed by atoms with Gasteiger partial charge < -0.3 is 24.7 Å². The van der Waals surface area contributed by atoms with E-state index in [9.17, 15) is 4.79 Å². The average Bonchev–Trinajstić information content (AvgIpc) is 3.05. The van der Waals surface area contributed by atoms with Crippen molar-refractivity contribution < 1.29 is 13.9 Å². The zero-order valence-electron chi connectivity index (χ0n) is 15.2. The second-order valence-corrected chi connectivity index (χ2v) is 6.85. The largest absolute Gasteiger partial charge is 0.493 e. The average molecular weight is 345 g/mol. The van der Waals surface area contributed by atoms with Gasteiger partial charge in [0, 0.05) is 11.9 Å². The fourth-order valence-corrected chi connectivity index (χ4v) is 3.25. The standard InChI is InChI=1S/C19H27N3O3/c1-13(17-11-15-5-4-6-16(24-3)18(15)25-17)21-19(23)20-12-14-7-9-22(2)10-8-14/h4-6,11,13-14H,7-10,12H2,1-3H3,(H2,20,21,23)/t13-/m1/s1. The Balaban J connectivity index is 1.54. The molecule has 3 rings (SSSR count). The maximum atomic E-state index is 12.2. The summed E-state index contributed by atoms with van der Waals surface area (Å²) in [5.41, 5.74) is 0.709. The van der Waals surface area contributed by atoms with Gasteiger partial charge in [0.2, 0.25) is 0 Å². The molecule has 0 radical (unpaired) electrons. The fraction of sp³-hybridized carbons (Fsp3) is 0.526. The number of urea groups is 1. The molecule has 2 N–H and O–H groups in total. The first-order valence-corrected chi connectivity index (χ1v) is 8.86. The molecule has 0 unspecified atom stereocenters. The molecule has 1 aromatic carbocycles. The van der Waals surface area contributed by atoms with Gasteiger partial charge in [-0.3, -0.25) is 0 Å². The van der Waals surface area contributed by atoms with Crippen LogP contribution in [0.15, 0.2) is 28.7 Å². The molecule has 0 aliphatic carbocycles. The van der Waals surface area contributed by atoms with Gasteiger partial charge >= 0.3 is 6.03 Å². The molecular weight excluding hydrogens is 318 g/mol. The van der Waals surface area contributed by atoms with Crippen LogP contribution in [0, 0.1) is 5.92 Å². The third-order valence-corrected chi connectivity index (χ3v) is 4.91. The van der Waals surface area contributed by atoms with E-state index in [1.807, 2.05) is 31.2 Å². The lowest BCUT2D eigenvalue weighted by molar-refractivity contribution is 0.208. The third-order valence-electron chi connectivity index (χ3n) is 4.91. The summed E-state index contributed by atoms with van der Waals surface area (Å²) in [5, 5.41) is 6.90. The van der Waals surface area contributed by atoms with Crippen LogP contribution in [0.1, 0.15) is 31.6 Å². The van der Waals surface area contributed by atoms with Crippen LogP contribution in [0.5, 0.6) is 5.75 Å². The van der Waals surface area contributed by atoms with E-state index < -0.39 is 0 Å². The number of likely N-dealkylation sites (tertiary alicyclic amines) is 1. The van der Waals surface area contributed by atoms with Gasteiger partial charge in [-0.15, -0.1) is 0 Å². The number of methoxy groups -OCH3 is 1. The maximum absolute atomic E-state index is 12.2. The lowest BCUT2D eigenvalue weighted by Crippen LogP contribution is -2.41. The van der Waals surface area contributed by atoms with Crippen molar-refractivity contribution in [3.05, 3.63) is 30.0 Å². The van der Waals surface area contributed by atoms with E-state index in [1.165, 1.54) is 0 Å². The molecule has 136 valence electrons. The van der Waals surface area contributed by atoms with Gasteiger partial charge in [-0.1, -0.05) is 12.1 Å². The Morgan fingerprint density at radius 1 is 1.40 bits per heavy atom. The number of ether oxygens (including phenoxy) is 1. The number of rotatable bonds is 5. The molecule has 1 aliphatic rings. The maximum Gasteiger partial charge on any atom is 0.315 e. The van der Waals surface area contributed by atoms with Crippen LogP contribution in [0.25, 0.3) is 11.0 Å². The van der Waals surface area contributed by atoms with Crippen LogP contribution in [0.4, 0.5) is 4.79 Å². The number of furan rings is 1. The monoisotopic (exact) mass is 345 g/mol. The van der Waals surface area contributed by atoms with Crippen molar-refractivity contribution in [2.24, 2.45) is 5.92 Å². The second-order valence-electron chi connectivity index (χ2n) is 6.85. The van der Waals surface area contributed by atoms with Gasteiger partial charge in [-0.05, 0) is 58.0 Å². The molecule has 25 heavy (non-hydrogen) atoms. The number of fused-ring (bicyclic) bond motifs is 1. The number of para-hydroxylation sites is 1. The highest BCUT2D eigenvalue weighted by molar-refractivity contribution is 5.84. The molecule has 2 aromatic rings. The molecule has 6 nitrogen and oxygen atoms in total. The summed E-state index contributed by atoms with van der Waals surface area (Å²) in [6.45, 7) is 4.84. The van der Waals surface area contributed by atoms with E-state index in [4.69, 9.17) is 9.15 Å². The first kappa shape index (κ1) is 17.6. The predicted octanol–water partition coefficient (Wildman–Crippen LogP) is 3.14. The Kier molecular flexibility index (Phi) is 5.48. The van der Waals surface area contributed by atoms with E-state index in [1.54, 1.807) is 7.11 Å². The van der Waals surface area contributed by atoms with Crippen LogP contribution in [0.3, 0.4) is 0 Å². The van der Waals surface area contributed by atoms with Crippen LogP contribution >= 0.6 is 0 Å². The summed E-state index contributed by atoms with van der Waals surface area (Å²) in [6, 6.07) is 7.33. The highest BCUT2D eigenvalue weighted by Gasteiger charge is 2.19. The molecule has 1 atom stereocenters. The number of nitrogens with one attached hydrogen (secondary N) is 2. The summed E-state index contributed by atoms with van der Waals surface area (Å²) in [5.74, 6) is 1.98. The van der Waals surface area contributed by atoms with Crippen molar-refractivity contribution >= 4 is 17.0 Å². The molecule has 1 saturated heterocycles. The molecule has 6 heteroatoms. The van der Waals surface area contributed by atoms with Gasteiger partial charge in [-0.2, -0.15) is 0 Å². The van der Waals surface area contributed by atoms with Crippen LogP contribution in [-0.2, 0) is 0 Å². The second kappa shape index (κ2) is 7.78. The highest BCUT2D eigenvalue weighted by atomic mass is 16.5. The Hall–Kier alpha value is -2.21. The number of hydrogen-bond donors (Lipinski definition) is 2. The number of amides is 2. The first-order valence-electron chi connectivity index (χ1n) is 8.86. The molecule has 2 heterocycles. The topological polar surface area (TPSA) is 66.7 Å². The van der Waals surface area contributed by atoms with Gasteiger partial charge in [0.25, 0.3) is 0 Å². The molecule has 1 fully saturated rings. The summed E-state index contributed by atoms with van der Waals surface area (Å²) < 4.78 is 11.2.